The fourth-order valence-corrected chi connectivity index (χ4v) is 10.7. The van der Waals surface area contributed by atoms with E-state index in [-0.39, 0.29) is 32.2 Å². The summed E-state index contributed by atoms with van der Waals surface area (Å²) in [6.07, 6.45) is 101. The van der Waals surface area contributed by atoms with Gasteiger partial charge in [-0.3, -0.25) is 9.59 Å². The normalized spacial score (nSPS) is 13.4. The molecule has 0 spiro atoms. The molecule has 92 heavy (non-hydrogen) atoms. The topological polar surface area (TPSA) is 108 Å². The second-order valence-corrected chi connectivity index (χ2v) is 26.6. The van der Waals surface area contributed by atoms with Crippen LogP contribution in [0.5, 0.6) is 0 Å². The van der Waals surface area contributed by atoms with Gasteiger partial charge in [0.2, 0.25) is 0 Å². The van der Waals surface area contributed by atoms with Gasteiger partial charge in [0.25, 0.3) is 6.29 Å². The fraction of sp³-hybridized carbons (Fsp3) is 0.723. The molecule has 0 saturated carbocycles. The van der Waals surface area contributed by atoms with E-state index in [1.165, 1.54) is 199 Å². The van der Waals surface area contributed by atoms with Crippen LogP contribution in [0.1, 0.15) is 328 Å². The van der Waals surface area contributed by atoms with E-state index in [4.69, 9.17) is 18.9 Å². The Balaban J connectivity index is 4.15. The van der Waals surface area contributed by atoms with Gasteiger partial charge in [0, 0.05) is 12.8 Å². The van der Waals surface area contributed by atoms with Crippen molar-refractivity contribution in [3.8, 4) is 0 Å². The zero-order valence-electron chi connectivity index (χ0n) is 60.4. The summed E-state index contributed by atoms with van der Waals surface area (Å²) in [5.74, 6) is -2.06. The number of carboxylic acids is 1. The Hall–Kier alpha value is -4.31. The van der Waals surface area contributed by atoms with Gasteiger partial charge in [0.15, 0.2) is 6.10 Å². The van der Waals surface area contributed by atoms with Crippen LogP contribution in [0.3, 0.4) is 0 Å². The average Bonchev–Trinajstić information content (AvgIpc) is 3.69. The van der Waals surface area contributed by atoms with Crippen LogP contribution in [0.25, 0.3) is 0 Å². The van der Waals surface area contributed by atoms with Crippen LogP contribution in [0, 0.1) is 0 Å². The van der Waals surface area contributed by atoms with E-state index < -0.39 is 24.3 Å². The molecule has 1 N–H and O–H groups in total. The number of hydrogen-bond donors (Lipinski definition) is 1. The van der Waals surface area contributed by atoms with E-state index in [2.05, 4.69) is 135 Å². The molecule has 0 aromatic rings. The van der Waals surface area contributed by atoms with Crippen molar-refractivity contribution < 1.29 is 42.9 Å². The molecule has 0 aliphatic rings. The van der Waals surface area contributed by atoms with E-state index in [1.54, 1.807) is 0 Å². The van der Waals surface area contributed by atoms with Crippen LogP contribution < -0.4 is 0 Å². The number of esters is 2. The number of hydrogen-bond acceptors (Lipinski definition) is 7. The van der Waals surface area contributed by atoms with Crippen LogP contribution in [0.2, 0.25) is 0 Å². The van der Waals surface area contributed by atoms with E-state index in [0.717, 1.165) is 96.3 Å². The molecule has 0 amide bonds. The van der Waals surface area contributed by atoms with Gasteiger partial charge in [-0.05, 0) is 89.9 Å². The number of aliphatic carboxylic acids is 1. The molecule has 2 atom stereocenters. The number of nitrogens with zero attached hydrogens (tertiary/aromatic N) is 1. The predicted molar refractivity (Wildman–Crippen MR) is 396 cm³/mol. The first-order chi connectivity index (χ1) is 45.1. The summed E-state index contributed by atoms with van der Waals surface area (Å²) in [7, 11) is 5.96. The third-order valence-electron chi connectivity index (χ3n) is 16.5. The summed E-state index contributed by atoms with van der Waals surface area (Å²) in [6, 6.07) is 0. The van der Waals surface area contributed by atoms with Crippen LogP contribution >= 0.6 is 0 Å². The lowest BCUT2D eigenvalue weighted by atomic mass is 10.0. The first-order valence-corrected chi connectivity index (χ1v) is 38.2. The Bertz CT molecular complexity index is 1930. The molecule has 0 saturated heterocycles. The molecule has 0 rings (SSSR count). The highest BCUT2D eigenvalue weighted by molar-refractivity contribution is 5.71. The summed E-state index contributed by atoms with van der Waals surface area (Å²) >= 11 is 0. The van der Waals surface area contributed by atoms with E-state index in [1.807, 2.05) is 21.1 Å². The number of likely N-dealkylation sites (N-methyl/N-ethyl adjacent to an activating group) is 1. The quantitative estimate of drug-likeness (QED) is 0.0211. The number of quaternary nitrogens is 1. The standard InChI is InChI=1S/C83H143NO8/c1-6-8-10-12-14-16-18-20-22-24-26-28-30-32-34-36-38-40-42-43-45-47-49-51-53-55-57-59-61-63-65-67-69-71-73-80(85)90-77-79(78-91-83(82(87)88)89-76-75-84(3,4)5)92-81(86)74-72-70-68-66-64-62-60-58-56-54-52-50-48-46-44-41-39-37-35-33-31-29-27-25-23-21-19-17-15-13-11-9-7-2/h9,11,15,17,21,23,27,29,33,35,39,41,46,48,52,54,58,60,64,66,79,83H,6-8,10,12-14,16,18-20,22,24-26,28,30-32,34,36-38,40,42-45,47,49-51,53,55-57,59,61-63,65,67-78H2,1-5H3/p+1/b11-9-,17-15-,23-21-,29-27-,35-33-,41-39-,48-46-,54-52-,60-58-,66-64-. The molecule has 0 heterocycles. The second kappa shape index (κ2) is 72.5. The molecule has 0 aromatic heterocycles. The molecule has 0 aliphatic heterocycles. The smallest absolute Gasteiger partial charge is 0.361 e. The largest absolute Gasteiger partial charge is 0.477 e. The van der Waals surface area contributed by atoms with Crippen molar-refractivity contribution in [2.45, 2.75) is 341 Å². The maximum Gasteiger partial charge on any atom is 0.361 e. The molecule has 2 unspecified atom stereocenters. The molecule has 0 fully saturated rings. The minimum Gasteiger partial charge on any atom is -0.477 e. The zero-order chi connectivity index (χ0) is 66.8. The molecule has 0 aromatic carbocycles. The van der Waals surface area contributed by atoms with Crippen molar-refractivity contribution in [2.75, 3.05) is 47.5 Å². The lowest BCUT2D eigenvalue weighted by molar-refractivity contribution is -0.870. The fourth-order valence-electron chi connectivity index (χ4n) is 10.7. The number of carboxylic acid groups (broad SMARTS) is 1. The monoisotopic (exact) mass is 1280 g/mol. The van der Waals surface area contributed by atoms with Gasteiger partial charge in [-0.15, -0.1) is 0 Å². The summed E-state index contributed by atoms with van der Waals surface area (Å²) in [6.45, 7) is 4.74. The molecule has 9 nitrogen and oxygen atoms in total. The van der Waals surface area contributed by atoms with E-state index in [0.29, 0.717) is 23.9 Å². The highest BCUT2D eigenvalue weighted by Crippen LogP contribution is 2.18. The van der Waals surface area contributed by atoms with Crippen molar-refractivity contribution in [1.29, 1.82) is 0 Å². The Morgan fingerprint density at radius 2 is 0.620 bits per heavy atom. The SMILES string of the molecule is CC/C=C\C/C=C\C/C=C\C/C=C\C/C=C\C/C=C\C/C=C\C/C=C\C/C=C\C/C=C\CCCCC(=O)OC(COC(=O)CCCCCCCCCCCCCCCCCCCCCCCCCCCCCCCCCCCC)COC(OCC[N+](C)(C)C)C(=O)O. The van der Waals surface area contributed by atoms with Crippen molar-refractivity contribution in [2.24, 2.45) is 0 Å². The highest BCUT2D eigenvalue weighted by atomic mass is 16.7. The summed E-state index contributed by atoms with van der Waals surface area (Å²) < 4.78 is 22.9. The molecule has 0 radical (unpaired) electrons. The zero-order valence-corrected chi connectivity index (χ0v) is 60.4. The van der Waals surface area contributed by atoms with Crippen molar-refractivity contribution in [1.82, 2.24) is 0 Å². The Labute approximate surface area is 567 Å². The highest BCUT2D eigenvalue weighted by Gasteiger charge is 2.25. The Morgan fingerprint density at radius 1 is 0.337 bits per heavy atom. The molecular formula is C83H144NO8+. The molecule has 9 heteroatoms. The van der Waals surface area contributed by atoms with Gasteiger partial charge < -0.3 is 28.5 Å². The van der Waals surface area contributed by atoms with Crippen LogP contribution in [0.15, 0.2) is 122 Å². The number of unbranched alkanes of at least 4 members (excludes halogenated alkanes) is 35. The van der Waals surface area contributed by atoms with Gasteiger partial charge in [0.05, 0.1) is 34.4 Å². The van der Waals surface area contributed by atoms with Crippen molar-refractivity contribution >= 4 is 17.9 Å². The third-order valence-corrected chi connectivity index (χ3v) is 16.5. The number of allylic oxidation sites excluding steroid dienone is 20. The third kappa shape index (κ3) is 73.1. The lowest BCUT2D eigenvalue weighted by Crippen LogP contribution is -2.40. The van der Waals surface area contributed by atoms with Gasteiger partial charge >= 0.3 is 17.9 Å². The minimum absolute atomic E-state index is 0.174. The lowest BCUT2D eigenvalue weighted by Gasteiger charge is -2.25. The molecule has 528 valence electrons. The summed E-state index contributed by atoms with van der Waals surface area (Å²) in [5, 5.41) is 9.76. The van der Waals surface area contributed by atoms with Gasteiger partial charge in [-0.2, -0.15) is 0 Å². The predicted octanol–water partition coefficient (Wildman–Crippen LogP) is 24.3. The Kier molecular flexibility index (Phi) is 69.1. The van der Waals surface area contributed by atoms with Crippen LogP contribution in [-0.2, 0) is 33.3 Å². The molecule has 0 aliphatic carbocycles. The van der Waals surface area contributed by atoms with Crippen LogP contribution in [-0.4, -0.2) is 87.4 Å². The van der Waals surface area contributed by atoms with Crippen LogP contribution in [0.4, 0.5) is 0 Å². The second-order valence-electron chi connectivity index (χ2n) is 26.6. The van der Waals surface area contributed by atoms with Crippen molar-refractivity contribution in [3.05, 3.63) is 122 Å². The van der Waals surface area contributed by atoms with Gasteiger partial charge in [-0.1, -0.05) is 347 Å². The van der Waals surface area contributed by atoms with E-state index >= 15 is 0 Å². The summed E-state index contributed by atoms with van der Waals surface area (Å²) in [4.78, 5) is 37.7. The number of carbonyl (C=O) groups is 3. The number of ether oxygens (including phenoxy) is 4. The van der Waals surface area contributed by atoms with Gasteiger partial charge in [0.1, 0.15) is 13.2 Å². The first kappa shape index (κ1) is 87.7. The maximum absolute atomic E-state index is 12.9. The number of rotatable bonds is 70. The summed E-state index contributed by atoms with van der Waals surface area (Å²) in [5.41, 5.74) is 0. The molecular weight excluding hydrogens is 1140 g/mol. The minimum atomic E-state index is -1.53. The van der Waals surface area contributed by atoms with Crippen molar-refractivity contribution in [3.63, 3.8) is 0 Å². The average molecular weight is 1280 g/mol. The van der Waals surface area contributed by atoms with Gasteiger partial charge in [-0.25, -0.2) is 4.79 Å². The maximum atomic E-state index is 12.9. The molecule has 0 bridgehead atoms. The first-order valence-electron chi connectivity index (χ1n) is 38.2. The number of carbonyl (C=O) groups excluding carboxylic acids is 2. The Morgan fingerprint density at radius 3 is 0.924 bits per heavy atom. The van der Waals surface area contributed by atoms with E-state index in [9.17, 15) is 19.5 Å².